The van der Waals surface area contributed by atoms with Gasteiger partial charge < -0.3 is 9.80 Å². The predicted molar refractivity (Wildman–Crippen MR) is 313 cm³/mol. The lowest BCUT2D eigenvalue weighted by atomic mass is 9.87. The molecule has 0 aromatic heterocycles. The molecule has 0 N–H and O–H groups in total. The maximum Gasteiger partial charge on any atom is 0.0618 e. The molecule has 2 heteroatoms. The Labute approximate surface area is 426 Å². The minimum Gasteiger partial charge on any atom is -0.309 e. The fraction of sp³-hybridized carbons (Fsp3) is 0.171. The third-order valence-electron chi connectivity index (χ3n) is 15.0. The van der Waals surface area contributed by atoms with Gasteiger partial charge in [-0.05, 0) is 138 Å². The standard InChI is InChI=1S/C70H64N2/c1-45(2)49-29-37-55(38-30-49)71(56-39-31-50(32-40-56)46(3)4)69-63-21-13-9-17-59(63)67(60-18-10-14-22-64(60)69)53-25-27-54(28-26-53)68-61-19-11-15-23-65(61)70(66-24-16-12-20-62(66)68)72(57-41-33-51(34-42-57)47(5)6)58-43-35-52(36-44-58)48(7)8/h9-48H,1-8H3. The van der Waals surface area contributed by atoms with E-state index in [1.54, 1.807) is 0 Å². The Morgan fingerprint density at radius 2 is 0.417 bits per heavy atom. The molecule has 0 fully saturated rings. The van der Waals surface area contributed by atoms with Gasteiger partial charge in [0.25, 0.3) is 0 Å². The normalized spacial score (nSPS) is 11.8. The van der Waals surface area contributed by atoms with Crippen LogP contribution in [0.2, 0.25) is 0 Å². The smallest absolute Gasteiger partial charge is 0.0618 e. The van der Waals surface area contributed by atoms with Gasteiger partial charge in [-0.1, -0.05) is 225 Å². The molecule has 0 aliphatic heterocycles. The van der Waals surface area contributed by atoms with Crippen molar-refractivity contribution in [3.8, 4) is 22.3 Å². The zero-order valence-corrected chi connectivity index (χ0v) is 43.0. The molecule has 0 saturated carbocycles. The van der Waals surface area contributed by atoms with Crippen LogP contribution in [0.4, 0.5) is 34.1 Å². The summed E-state index contributed by atoms with van der Waals surface area (Å²) in [5.74, 6) is 1.79. The van der Waals surface area contributed by atoms with Gasteiger partial charge in [-0.25, -0.2) is 0 Å². The molecule has 2 nitrogen and oxygen atoms in total. The van der Waals surface area contributed by atoms with Crippen LogP contribution in [0.5, 0.6) is 0 Å². The first-order chi connectivity index (χ1) is 35.0. The topological polar surface area (TPSA) is 6.48 Å². The Bertz CT molecular complexity index is 3240. The van der Waals surface area contributed by atoms with Gasteiger partial charge in [0.2, 0.25) is 0 Å². The van der Waals surface area contributed by atoms with Crippen molar-refractivity contribution in [2.24, 2.45) is 0 Å². The van der Waals surface area contributed by atoms with Gasteiger partial charge in [0.1, 0.15) is 0 Å². The first-order valence-electron chi connectivity index (χ1n) is 26.0. The van der Waals surface area contributed by atoms with Crippen LogP contribution < -0.4 is 9.80 Å². The lowest BCUT2D eigenvalue weighted by molar-refractivity contribution is 0.866. The molecule has 11 aromatic carbocycles. The minimum absolute atomic E-state index is 0.448. The highest BCUT2D eigenvalue weighted by molar-refractivity contribution is 6.24. The van der Waals surface area contributed by atoms with Crippen LogP contribution >= 0.6 is 0 Å². The first kappa shape index (κ1) is 46.4. The van der Waals surface area contributed by atoms with Gasteiger partial charge in [0, 0.05) is 44.3 Å². The van der Waals surface area contributed by atoms with E-state index in [4.69, 9.17) is 0 Å². The summed E-state index contributed by atoms with van der Waals surface area (Å²) in [6, 6.07) is 82.2. The Morgan fingerprint density at radius 1 is 0.222 bits per heavy atom. The summed E-state index contributed by atoms with van der Waals surface area (Å²) in [6.07, 6.45) is 0. The van der Waals surface area contributed by atoms with Crippen molar-refractivity contribution in [3.63, 3.8) is 0 Å². The van der Waals surface area contributed by atoms with Crippen molar-refractivity contribution >= 4 is 77.2 Å². The molecule has 0 saturated heterocycles. The SMILES string of the molecule is CC(C)c1ccc(N(c2ccc(C(C)C)cc2)c2c3ccccc3c(-c3ccc(-c4c5ccccc5c(N(c5ccc(C(C)C)cc5)c5ccc(C(C)C)cc5)c5ccccc45)cc3)c3ccccc23)cc1. The summed E-state index contributed by atoms with van der Waals surface area (Å²) < 4.78 is 0. The monoisotopic (exact) mass is 933 g/mol. The summed E-state index contributed by atoms with van der Waals surface area (Å²) >= 11 is 0. The van der Waals surface area contributed by atoms with Crippen molar-refractivity contribution in [1.29, 1.82) is 0 Å². The molecule has 0 aliphatic rings. The molecule has 0 heterocycles. The highest BCUT2D eigenvalue weighted by atomic mass is 15.2. The molecular weight excluding hydrogens is 869 g/mol. The fourth-order valence-electron chi connectivity index (χ4n) is 11.0. The molecule has 0 radical (unpaired) electrons. The zero-order valence-electron chi connectivity index (χ0n) is 43.0. The number of fused-ring (bicyclic) bond motifs is 4. The van der Waals surface area contributed by atoms with E-state index in [1.807, 2.05) is 0 Å². The van der Waals surface area contributed by atoms with Crippen molar-refractivity contribution in [2.45, 2.75) is 79.1 Å². The molecule has 72 heavy (non-hydrogen) atoms. The number of anilines is 6. The Balaban J connectivity index is 1.09. The number of hydrogen-bond donors (Lipinski definition) is 0. The molecule has 11 rings (SSSR count). The lowest BCUT2D eigenvalue weighted by Gasteiger charge is -2.30. The van der Waals surface area contributed by atoms with Crippen LogP contribution in [-0.2, 0) is 0 Å². The molecule has 354 valence electrons. The van der Waals surface area contributed by atoms with E-state index in [9.17, 15) is 0 Å². The molecule has 0 bridgehead atoms. The van der Waals surface area contributed by atoms with E-state index < -0.39 is 0 Å². The molecule has 11 aromatic rings. The van der Waals surface area contributed by atoms with E-state index in [0.717, 1.165) is 22.7 Å². The zero-order chi connectivity index (χ0) is 49.6. The third-order valence-corrected chi connectivity index (χ3v) is 15.0. The van der Waals surface area contributed by atoms with E-state index in [0.29, 0.717) is 23.7 Å². The quantitative estimate of drug-likeness (QED) is 0.113. The summed E-state index contributed by atoms with van der Waals surface area (Å²) in [5, 5.41) is 9.76. The van der Waals surface area contributed by atoms with Gasteiger partial charge in [-0.2, -0.15) is 0 Å². The molecular formula is C70H64N2. The fourth-order valence-corrected chi connectivity index (χ4v) is 11.0. The average molecular weight is 933 g/mol. The third kappa shape index (κ3) is 8.39. The number of hydrogen-bond acceptors (Lipinski definition) is 2. The second-order valence-electron chi connectivity index (χ2n) is 20.9. The Hall–Kier alpha value is -7.94. The van der Waals surface area contributed by atoms with Crippen LogP contribution in [0.25, 0.3) is 65.3 Å². The van der Waals surface area contributed by atoms with Crippen LogP contribution in [0, 0.1) is 0 Å². The summed E-state index contributed by atoms with van der Waals surface area (Å²) in [6.45, 7) is 18.1. The van der Waals surface area contributed by atoms with Crippen molar-refractivity contribution < 1.29 is 0 Å². The second-order valence-corrected chi connectivity index (χ2v) is 20.9. The van der Waals surface area contributed by atoms with Gasteiger partial charge in [0.15, 0.2) is 0 Å². The molecule has 0 aliphatic carbocycles. The van der Waals surface area contributed by atoms with Gasteiger partial charge in [-0.3, -0.25) is 0 Å². The van der Waals surface area contributed by atoms with E-state index >= 15 is 0 Å². The summed E-state index contributed by atoms with van der Waals surface area (Å²) in [4.78, 5) is 4.96. The maximum atomic E-state index is 2.48. The van der Waals surface area contributed by atoms with Crippen LogP contribution in [0.3, 0.4) is 0 Å². The molecule has 0 amide bonds. The highest BCUT2D eigenvalue weighted by Gasteiger charge is 2.25. The number of rotatable bonds is 12. The van der Waals surface area contributed by atoms with Gasteiger partial charge in [0.05, 0.1) is 11.4 Å². The van der Waals surface area contributed by atoms with E-state index in [1.165, 1.54) is 99.0 Å². The number of benzene rings is 11. The van der Waals surface area contributed by atoms with Crippen molar-refractivity contribution in [1.82, 2.24) is 0 Å². The van der Waals surface area contributed by atoms with Gasteiger partial charge >= 0.3 is 0 Å². The highest BCUT2D eigenvalue weighted by Crippen LogP contribution is 2.51. The largest absolute Gasteiger partial charge is 0.309 e. The van der Waals surface area contributed by atoms with Gasteiger partial charge in [-0.15, -0.1) is 0 Å². The van der Waals surface area contributed by atoms with Crippen molar-refractivity contribution in [2.75, 3.05) is 9.80 Å². The summed E-state index contributed by atoms with van der Waals surface area (Å²) in [7, 11) is 0. The minimum atomic E-state index is 0.448. The lowest BCUT2D eigenvalue weighted by Crippen LogP contribution is -2.12. The molecule has 0 unspecified atom stereocenters. The second kappa shape index (κ2) is 19.3. The Morgan fingerprint density at radius 3 is 0.611 bits per heavy atom. The van der Waals surface area contributed by atoms with E-state index in [-0.39, 0.29) is 0 Å². The van der Waals surface area contributed by atoms with Crippen molar-refractivity contribution in [3.05, 3.63) is 241 Å². The Kier molecular flexibility index (Phi) is 12.5. The maximum absolute atomic E-state index is 2.48. The van der Waals surface area contributed by atoms with Crippen LogP contribution in [-0.4, -0.2) is 0 Å². The first-order valence-corrected chi connectivity index (χ1v) is 26.0. The molecule has 0 spiro atoms. The average Bonchev–Trinajstić information content (AvgIpc) is 3.41. The summed E-state index contributed by atoms with van der Waals surface area (Å²) in [5.41, 5.74) is 17.2. The predicted octanol–water partition coefficient (Wildman–Crippen LogP) is 21.1. The van der Waals surface area contributed by atoms with Crippen LogP contribution in [0.15, 0.2) is 218 Å². The van der Waals surface area contributed by atoms with E-state index in [2.05, 4.69) is 284 Å². The molecule has 0 atom stereocenters. The van der Waals surface area contributed by atoms with Crippen LogP contribution in [0.1, 0.15) is 101 Å². The number of nitrogens with zero attached hydrogens (tertiary/aromatic N) is 2.